The number of nitrogens with zero attached hydrogens (tertiary/aromatic N) is 2. The summed E-state index contributed by atoms with van der Waals surface area (Å²) >= 11 is 0. The van der Waals surface area contributed by atoms with Gasteiger partial charge in [-0.15, -0.1) is 0 Å². The Morgan fingerprint density at radius 3 is 2.80 bits per heavy atom. The summed E-state index contributed by atoms with van der Waals surface area (Å²) in [5, 5.41) is 0. The fourth-order valence-corrected chi connectivity index (χ4v) is 2.18. The van der Waals surface area contributed by atoms with E-state index in [2.05, 4.69) is 28.9 Å². The first kappa shape index (κ1) is 10.6. The van der Waals surface area contributed by atoms with E-state index in [9.17, 15) is 0 Å². The summed E-state index contributed by atoms with van der Waals surface area (Å²) in [6.45, 7) is 7.05. The van der Waals surface area contributed by atoms with E-state index in [0.29, 0.717) is 6.04 Å². The van der Waals surface area contributed by atoms with Crippen LogP contribution in [0.25, 0.3) is 0 Å². The SMILES string of the molecule is Cc1cc(C)nc(CN2CCC2CN)c1. The van der Waals surface area contributed by atoms with Gasteiger partial charge in [0, 0.05) is 31.4 Å². The monoisotopic (exact) mass is 205 g/mol. The van der Waals surface area contributed by atoms with Crippen LogP contribution in [0.3, 0.4) is 0 Å². The van der Waals surface area contributed by atoms with Gasteiger partial charge in [-0.05, 0) is 38.0 Å². The molecule has 3 heteroatoms. The molecule has 1 aliphatic rings. The predicted octanol–water partition coefficient (Wildman–Crippen LogP) is 1.23. The lowest BCUT2D eigenvalue weighted by molar-refractivity contribution is 0.0866. The van der Waals surface area contributed by atoms with Gasteiger partial charge in [-0.2, -0.15) is 0 Å². The van der Waals surface area contributed by atoms with Crippen molar-refractivity contribution >= 4 is 0 Å². The Morgan fingerprint density at radius 1 is 1.47 bits per heavy atom. The van der Waals surface area contributed by atoms with E-state index < -0.39 is 0 Å². The number of hydrogen-bond donors (Lipinski definition) is 1. The topological polar surface area (TPSA) is 42.2 Å². The van der Waals surface area contributed by atoms with E-state index in [1.54, 1.807) is 0 Å². The van der Waals surface area contributed by atoms with Gasteiger partial charge >= 0.3 is 0 Å². The average Bonchev–Trinajstić information content (AvgIpc) is 2.12. The van der Waals surface area contributed by atoms with Gasteiger partial charge in [0.25, 0.3) is 0 Å². The maximum absolute atomic E-state index is 5.68. The van der Waals surface area contributed by atoms with Gasteiger partial charge in [-0.25, -0.2) is 0 Å². The van der Waals surface area contributed by atoms with Crippen LogP contribution in [0.4, 0.5) is 0 Å². The molecule has 1 aliphatic heterocycles. The summed E-state index contributed by atoms with van der Waals surface area (Å²) in [5.74, 6) is 0. The zero-order valence-corrected chi connectivity index (χ0v) is 9.53. The van der Waals surface area contributed by atoms with Crippen molar-refractivity contribution in [2.75, 3.05) is 13.1 Å². The Kier molecular flexibility index (Phi) is 3.03. The van der Waals surface area contributed by atoms with Crippen LogP contribution in [0.15, 0.2) is 12.1 Å². The molecule has 0 spiro atoms. The van der Waals surface area contributed by atoms with Crippen LogP contribution < -0.4 is 5.73 Å². The van der Waals surface area contributed by atoms with Crippen LogP contribution in [0.2, 0.25) is 0 Å². The Balaban J connectivity index is 2.04. The molecule has 0 saturated carbocycles. The van der Waals surface area contributed by atoms with E-state index >= 15 is 0 Å². The van der Waals surface area contributed by atoms with Crippen LogP contribution in [-0.2, 0) is 6.54 Å². The van der Waals surface area contributed by atoms with Gasteiger partial charge in [0.15, 0.2) is 0 Å². The molecule has 0 radical (unpaired) electrons. The van der Waals surface area contributed by atoms with Crippen molar-refractivity contribution in [2.24, 2.45) is 5.73 Å². The number of aromatic nitrogens is 1. The molecule has 1 aromatic heterocycles. The van der Waals surface area contributed by atoms with Gasteiger partial charge < -0.3 is 5.73 Å². The van der Waals surface area contributed by atoms with E-state index in [0.717, 1.165) is 25.3 Å². The molecule has 2 heterocycles. The first-order valence-corrected chi connectivity index (χ1v) is 5.57. The largest absolute Gasteiger partial charge is 0.329 e. The molecule has 1 saturated heterocycles. The second-order valence-electron chi connectivity index (χ2n) is 4.43. The number of rotatable bonds is 3. The van der Waals surface area contributed by atoms with Crippen molar-refractivity contribution in [3.05, 3.63) is 29.1 Å². The van der Waals surface area contributed by atoms with Crippen LogP contribution in [0.1, 0.15) is 23.4 Å². The second-order valence-corrected chi connectivity index (χ2v) is 4.43. The lowest BCUT2D eigenvalue weighted by atomic mass is 10.0. The smallest absolute Gasteiger partial charge is 0.0549 e. The summed E-state index contributed by atoms with van der Waals surface area (Å²) in [4.78, 5) is 6.95. The predicted molar refractivity (Wildman–Crippen MR) is 61.6 cm³/mol. The van der Waals surface area contributed by atoms with Crippen LogP contribution in [-0.4, -0.2) is 29.0 Å². The molecule has 15 heavy (non-hydrogen) atoms. The standard InChI is InChI=1S/C12H19N3/c1-9-5-10(2)14-11(6-9)8-15-4-3-12(15)7-13/h5-6,12H,3-4,7-8,13H2,1-2H3. The van der Waals surface area contributed by atoms with Crippen LogP contribution in [0.5, 0.6) is 0 Å². The Hall–Kier alpha value is -0.930. The van der Waals surface area contributed by atoms with Crippen LogP contribution >= 0.6 is 0 Å². The zero-order valence-electron chi connectivity index (χ0n) is 9.53. The maximum atomic E-state index is 5.68. The molecule has 1 aromatic rings. The number of pyridine rings is 1. The first-order chi connectivity index (χ1) is 7.19. The number of hydrogen-bond acceptors (Lipinski definition) is 3. The molecular weight excluding hydrogens is 186 g/mol. The Labute approximate surface area is 91.3 Å². The number of nitrogens with two attached hydrogens (primary N) is 1. The molecule has 2 rings (SSSR count). The summed E-state index contributed by atoms with van der Waals surface area (Å²) in [5.41, 5.74) is 9.25. The van der Waals surface area contributed by atoms with Crippen molar-refractivity contribution < 1.29 is 0 Å². The molecule has 3 nitrogen and oxygen atoms in total. The summed E-state index contributed by atoms with van der Waals surface area (Å²) < 4.78 is 0. The third kappa shape index (κ3) is 2.36. The summed E-state index contributed by atoms with van der Waals surface area (Å²) in [6, 6.07) is 4.85. The third-order valence-electron chi connectivity index (χ3n) is 3.05. The van der Waals surface area contributed by atoms with Crippen molar-refractivity contribution in [1.29, 1.82) is 0 Å². The second kappa shape index (κ2) is 4.29. The number of aryl methyl sites for hydroxylation is 2. The van der Waals surface area contributed by atoms with E-state index in [1.807, 2.05) is 6.92 Å². The highest BCUT2D eigenvalue weighted by atomic mass is 15.2. The van der Waals surface area contributed by atoms with Gasteiger partial charge in [0.2, 0.25) is 0 Å². The highest BCUT2D eigenvalue weighted by molar-refractivity contribution is 5.19. The lowest BCUT2D eigenvalue weighted by Crippen LogP contribution is -2.51. The lowest BCUT2D eigenvalue weighted by Gasteiger charge is -2.40. The molecule has 0 bridgehead atoms. The quantitative estimate of drug-likeness (QED) is 0.807. The molecule has 0 aliphatic carbocycles. The molecule has 1 atom stereocenters. The minimum atomic E-state index is 0.576. The first-order valence-electron chi connectivity index (χ1n) is 5.57. The molecular formula is C12H19N3. The van der Waals surface area contributed by atoms with Gasteiger partial charge in [-0.1, -0.05) is 0 Å². The van der Waals surface area contributed by atoms with Crippen LogP contribution in [0, 0.1) is 13.8 Å². The minimum absolute atomic E-state index is 0.576. The molecule has 2 N–H and O–H groups in total. The molecule has 82 valence electrons. The summed E-state index contributed by atoms with van der Waals surface area (Å²) in [6.07, 6.45) is 1.24. The van der Waals surface area contributed by atoms with Crippen molar-refractivity contribution in [3.63, 3.8) is 0 Å². The Morgan fingerprint density at radius 2 is 2.27 bits per heavy atom. The highest BCUT2D eigenvalue weighted by Gasteiger charge is 2.26. The fourth-order valence-electron chi connectivity index (χ4n) is 2.18. The van der Waals surface area contributed by atoms with E-state index in [-0.39, 0.29) is 0 Å². The fraction of sp³-hybridized carbons (Fsp3) is 0.583. The van der Waals surface area contributed by atoms with Gasteiger partial charge in [0.1, 0.15) is 0 Å². The van der Waals surface area contributed by atoms with E-state index in [1.165, 1.54) is 17.7 Å². The zero-order chi connectivity index (χ0) is 10.8. The maximum Gasteiger partial charge on any atom is 0.0549 e. The molecule has 1 fully saturated rings. The van der Waals surface area contributed by atoms with Gasteiger partial charge in [0.05, 0.1) is 5.69 Å². The Bertz CT molecular complexity index is 326. The third-order valence-corrected chi connectivity index (χ3v) is 3.05. The summed E-state index contributed by atoms with van der Waals surface area (Å²) in [7, 11) is 0. The number of likely N-dealkylation sites (tertiary alicyclic amines) is 1. The molecule has 1 unspecified atom stereocenters. The highest BCUT2D eigenvalue weighted by Crippen LogP contribution is 2.19. The molecule has 0 aromatic carbocycles. The van der Waals surface area contributed by atoms with Crippen molar-refractivity contribution in [3.8, 4) is 0 Å². The normalized spacial score (nSPS) is 21.4. The van der Waals surface area contributed by atoms with Crippen molar-refractivity contribution in [1.82, 2.24) is 9.88 Å². The van der Waals surface area contributed by atoms with Gasteiger partial charge in [-0.3, -0.25) is 9.88 Å². The minimum Gasteiger partial charge on any atom is -0.329 e. The average molecular weight is 205 g/mol. The van der Waals surface area contributed by atoms with Crippen molar-refractivity contribution in [2.45, 2.75) is 32.9 Å². The van der Waals surface area contributed by atoms with E-state index in [4.69, 9.17) is 5.73 Å². The molecule has 0 amide bonds.